The molecule has 16 heavy (non-hydrogen) atoms. The molecule has 0 bridgehead atoms. The van der Waals surface area contributed by atoms with E-state index in [0.29, 0.717) is 17.9 Å². The summed E-state index contributed by atoms with van der Waals surface area (Å²) in [5, 5.41) is 3.24. The van der Waals surface area contributed by atoms with E-state index in [-0.39, 0.29) is 11.3 Å². The molecule has 1 N–H and O–H groups in total. The molecule has 0 spiro atoms. The van der Waals surface area contributed by atoms with Crippen LogP contribution in [0.1, 0.15) is 60.3 Å². The van der Waals surface area contributed by atoms with E-state index < -0.39 is 0 Å². The summed E-state index contributed by atoms with van der Waals surface area (Å²) in [5.41, 5.74) is 0.166. The Morgan fingerprint density at radius 1 is 1.25 bits per heavy atom. The molecule has 2 heteroatoms. The monoisotopic (exact) mass is 225 g/mol. The third-order valence-electron chi connectivity index (χ3n) is 3.34. The Morgan fingerprint density at radius 3 is 2.19 bits per heavy atom. The van der Waals surface area contributed by atoms with Gasteiger partial charge in [0.15, 0.2) is 0 Å². The zero-order chi connectivity index (χ0) is 12.3. The molecule has 1 rings (SSSR count). The summed E-state index contributed by atoms with van der Waals surface area (Å²) in [4.78, 5) is 11.8. The van der Waals surface area contributed by atoms with E-state index in [2.05, 4.69) is 39.9 Å². The lowest BCUT2D eigenvalue weighted by Gasteiger charge is -2.32. The Morgan fingerprint density at radius 2 is 1.81 bits per heavy atom. The van der Waals surface area contributed by atoms with Gasteiger partial charge in [0.25, 0.3) is 0 Å². The van der Waals surface area contributed by atoms with Crippen molar-refractivity contribution in [3.63, 3.8) is 0 Å². The molecule has 0 heterocycles. The highest BCUT2D eigenvalue weighted by molar-refractivity contribution is 5.81. The first kappa shape index (κ1) is 13.5. The molecule has 1 fully saturated rings. The third-order valence-corrected chi connectivity index (χ3v) is 3.34. The molecule has 94 valence electrons. The highest BCUT2D eigenvalue weighted by Gasteiger charge is 2.33. The van der Waals surface area contributed by atoms with Crippen molar-refractivity contribution in [3.05, 3.63) is 0 Å². The average Bonchev–Trinajstić information content (AvgIpc) is 2.91. The van der Waals surface area contributed by atoms with E-state index in [1.165, 1.54) is 6.42 Å². The molecule has 0 aromatic rings. The Labute approximate surface area is 100 Å². The summed E-state index contributed by atoms with van der Waals surface area (Å²) >= 11 is 0. The summed E-state index contributed by atoms with van der Waals surface area (Å²) in [7, 11) is 0. The van der Waals surface area contributed by atoms with Gasteiger partial charge in [0.2, 0.25) is 5.91 Å². The second-order valence-electron chi connectivity index (χ2n) is 6.67. The molecule has 2 nitrogen and oxygen atoms in total. The zero-order valence-corrected chi connectivity index (χ0v) is 11.5. The summed E-state index contributed by atoms with van der Waals surface area (Å²) < 4.78 is 0. The topological polar surface area (TPSA) is 29.1 Å². The maximum atomic E-state index is 11.8. The molecule has 1 unspecified atom stereocenters. The summed E-state index contributed by atoms with van der Waals surface area (Å²) in [5.74, 6) is 1.32. The van der Waals surface area contributed by atoms with Crippen molar-refractivity contribution in [1.29, 1.82) is 0 Å². The predicted octanol–water partition coefficient (Wildman–Crippen LogP) is 3.36. The van der Waals surface area contributed by atoms with Gasteiger partial charge in [-0.05, 0) is 37.0 Å². The normalized spacial score (nSPS) is 18.6. The lowest BCUT2D eigenvalue weighted by molar-refractivity contribution is -0.123. The molecular formula is C14H27NO. The second kappa shape index (κ2) is 5.20. The molecular weight excluding hydrogens is 198 g/mol. The number of rotatable bonds is 5. The van der Waals surface area contributed by atoms with Gasteiger partial charge < -0.3 is 5.32 Å². The summed E-state index contributed by atoms with van der Waals surface area (Å²) in [6.07, 6.45) is 4.46. The lowest BCUT2D eigenvalue weighted by Crippen LogP contribution is -2.44. The van der Waals surface area contributed by atoms with E-state index in [9.17, 15) is 4.79 Å². The lowest BCUT2D eigenvalue weighted by atomic mass is 9.82. The Balaban J connectivity index is 2.46. The number of nitrogens with one attached hydrogen (secondary N) is 1. The van der Waals surface area contributed by atoms with Gasteiger partial charge in [-0.3, -0.25) is 4.79 Å². The maximum absolute atomic E-state index is 11.8. The summed E-state index contributed by atoms with van der Waals surface area (Å²) in [6.45, 7) is 11.1. The standard InChI is InChI=1S/C14H27NO/c1-10(2)6-9-12(14(3,4)5)15-13(16)11-7-8-11/h10-12H,6-9H2,1-5H3,(H,15,16). The van der Waals surface area contributed by atoms with Gasteiger partial charge in [-0.25, -0.2) is 0 Å². The minimum absolute atomic E-state index is 0.166. The van der Waals surface area contributed by atoms with Crippen LogP contribution in [0.5, 0.6) is 0 Å². The zero-order valence-electron chi connectivity index (χ0n) is 11.5. The van der Waals surface area contributed by atoms with E-state index in [1.807, 2.05) is 0 Å². The molecule has 1 aliphatic carbocycles. The molecule has 0 aromatic carbocycles. The smallest absolute Gasteiger partial charge is 0.223 e. The average molecular weight is 225 g/mol. The maximum Gasteiger partial charge on any atom is 0.223 e. The van der Waals surface area contributed by atoms with Crippen molar-refractivity contribution in [2.75, 3.05) is 0 Å². The molecule has 1 atom stereocenters. The molecule has 0 saturated heterocycles. The number of carbonyl (C=O) groups is 1. The number of carbonyl (C=O) groups excluding carboxylic acids is 1. The molecule has 0 radical (unpaired) electrons. The quantitative estimate of drug-likeness (QED) is 0.763. The van der Waals surface area contributed by atoms with Crippen LogP contribution in [0.2, 0.25) is 0 Å². The van der Waals surface area contributed by atoms with Crippen LogP contribution in [0.25, 0.3) is 0 Å². The van der Waals surface area contributed by atoms with Gasteiger partial charge in [0.1, 0.15) is 0 Å². The van der Waals surface area contributed by atoms with Gasteiger partial charge in [-0.2, -0.15) is 0 Å². The number of amides is 1. The molecule has 1 saturated carbocycles. The van der Waals surface area contributed by atoms with Gasteiger partial charge >= 0.3 is 0 Å². The predicted molar refractivity (Wildman–Crippen MR) is 68.2 cm³/mol. The van der Waals surface area contributed by atoms with Crippen LogP contribution in [0.3, 0.4) is 0 Å². The highest BCUT2D eigenvalue weighted by Crippen LogP contribution is 2.31. The first-order valence-electron chi connectivity index (χ1n) is 6.61. The fourth-order valence-corrected chi connectivity index (χ4v) is 1.86. The largest absolute Gasteiger partial charge is 0.353 e. The molecule has 0 aromatic heterocycles. The van der Waals surface area contributed by atoms with Crippen LogP contribution in [0.15, 0.2) is 0 Å². The Bertz CT molecular complexity index is 236. The van der Waals surface area contributed by atoms with Gasteiger partial charge in [0, 0.05) is 12.0 Å². The Kier molecular flexibility index (Phi) is 4.40. The van der Waals surface area contributed by atoms with Gasteiger partial charge in [-0.1, -0.05) is 34.6 Å². The van der Waals surface area contributed by atoms with Crippen LogP contribution in [-0.4, -0.2) is 11.9 Å². The van der Waals surface area contributed by atoms with Crippen LogP contribution < -0.4 is 5.32 Å². The van der Waals surface area contributed by atoms with Crippen molar-refractivity contribution < 1.29 is 4.79 Å². The van der Waals surface area contributed by atoms with Crippen LogP contribution in [0.4, 0.5) is 0 Å². The second-order valence-corrected chi connectivity index (χ2v) is 6.67. The fourth-order valence-electron chi connectivity index (χ4n) is 1.86. The van der Waals surface area contributed by atoms with Crippen molar-refractivity contribution in [3.8, 4) is 0 Å². The van der Waals surface area contributed by atoms with E-state index >= 15 is 0 Å². The van der Waals surface area contributed by atoms with Gasteiger partial charge in [-0.15, -0.1) is 0 Å². The van der Waals surface area contributed by atoms with Crippen molar-refractivity contribution in [2.24, 2.45) is 17.3 Å². The minimum Gasteiger partial charge on any atom is -0.353 e. The fraction of sp³-hybridized carbons (Fsp3) is 0.929. The van der Waals surface area contributed by atoms with Crippen LogP contribution in [-0.2, 0) is 4.79 Å². The molecule has 0 aliphatic heterocycles. The van der Waals surface area contributed by atoms with Crippen LogP contribution >= 0.6 is 0 Å². The number of hydrogen-bond acceptors (Lipinski definition) is 1. The van der Waals surface area contributed by atoms with Crippen molar-refractivity contribution >= 4 is 5.91 Å². The van der Waals surface area contributed by atoms with Crippen LogP contribution in [0, 0.1) is 17.3 Å². The van der Waals surface area contributed by atoms with Crippen molar-refractivity contribution in [1.82, 2.24) is 5.32 Å². The van der Waals surface area contributed by atoms with Gasteiger partial charge in [0.05, 0.1) is 0 Å². The van der Waals surface area contributed by atoms with Crippen molar-refractivity contribution in [2.45, 2.75) is 66.3 Å². The summed E-state index contributed by atoms with van der Waals surface area (Å²) in [6, 6.07) is 0.322. The number of hydrogen-bond donors (Lipinski definition) is 1. The van der Waals surface area contributed by atoms with E-state index in [4.69, 9.17) is 0 Å². The third kappa shape index (κ3) is 4.54. The minimum atomic E-state index is 0.166. The first-order chi connectivity index (χ1) is 7.30. The molecule has 1 aliphatic rings. The highest BCUT2D eigenvalue weighted by atomic mass is 16.2. The van der Waals surface area contributed by atoms with E-state index in [0.717, 1.165) is 19.3 Å². The van der Waals surface area contributed by atoms with E-state index in [1.54, 1.807) is 0 Å². The SMILES string of the molecule is CC(C)CCC(NC(=O)C1CC1)C(C)(C)C. The molecule has 1 amide bonds. The Hall–Kier alpha value is -0.530. The first-order valence-corrected chi connectivity index (χ1v) is 6.61.